The maximum atomic E-state index is 4.65. The molecular formula is C12H19Cl2N3O. The van der Waals surface area contributed by atoms with Gasteiger partial charge in [0.15, 0.2) is 0 Å². The maximum Gasteiger partial charge on any atom is 0.106 e. The van der Waals surface area contributed by atoms with E-state index in [2.05, 4.69) is 25.9 Å². The molecule has 0 radical (unpaired) electrons. The van der Waals surface area contributed by atoms with Crippen molar-refractivity contribution in [2.24, 2.45) is 5.16 Å². The minimum atomic E-state index is 0. The van der Waals surface area contributed by atoms with Gasteiger partial charge >= 0.3 is 0 Å². The largest absolute Gasteiger partial charge is 0.399 e. The van der Waals surface area contributed by atoms with Crippen molar-refractivity contribution >= 4 is 36.7 Å². The van der Waals surface area contributed by atoms with Crippen LogP contribution in [0.2, 0.25) is 0 Å². The molecule has 1 aromatic rings. The van der Waals surface area contributed by atoms with Gasteiger partial charge in [-0.3, -0.25) is 4.98 Å². The van der Waals surface area contributed by atoms with Crippen molar-refractivity contribution < 1.29 is 4.84 Å². The molecule has 0 bridgehead atoms. The fraction of sp³-hybridized carbons (Fsp3) is 0.500. The molecule has 18 heavy (non-hydrogen) atoms. The lowest BCUT2D eigenvalue weighted by Gasteiger charge is -2.28. The molecule has 1 aromatic heterocycles. The van der Waals surface area contributed by atoms with E-state index in [1.807, 2.05) is 12.3 Å². The van der Waals surface area contributed by atoms with Gasteiger partial charge in [-0.1, -0.05) is 5.16 Å². The second-order valence-electron chi connectivity index (χ2n) is 3.90. The van der Waals surface area contributed by atoms with Gasteiger partial charge in [-0.25, -0.2) is 0 Å². The summed E-state index contributed by atoms with van der Waals surface area (Å²) in [7, 11) is 1.53. The van der Waals surface area contributed by atoms with Crippen LogP contribution in [-0.4, -0.2) is 31.4 Å². The van der Waals surface area contributed by atoms with E-state index >= 15 is 0 Å². The van der Waals surface area contributed by atoms with E-state index in [1.54, 1.807) is 6.21 Å². The number of rotatable bonds is 3. The zero-order valence-electron chi connectivity index (χ0n) is 10.4. The smallest absolute Gasteiger partial charge is 0.106 e. The van der Waals surface area contributed by atoms with Crippen LogP contribution in [-0.2, 0) is 4.84 Å². The molecule has 0 amide bonds. The third-order valence-electron chi connectivity index (χ3n) is 2.78. The van der Waals surface area contributed by atoms with Gasteiger partial charge < -0.3 is 9.74 Å². The number of aromatic nitrogens is 1. The topological polar surface area (TPSA) is 37.7 Å². The Balaban J connectivity index is 0.00000144. The molecule has 0 aliphatic carbocycles. The molecule has 1 fully saturated rings. The monoisotopic (exact) mass is 291 g/mol. The molecule has 0 spiro atoms. The van der Waals surface area contributed by atoms with E-state index in [9.17, 15) is 0 Å². The van der Waals surface area contributed by atoms with E-state index in [0.29, 0.717) is 0 Å². The summed E-state index contributed by atoms with van der Waals surface area (Å²) in [4.78, 5) is 11.3. The highest BCUT2D eigenvalue weighted by molar-refractivity contribution is 5.85. The molecule has 4 nitrogen and oxygen atoms in total. The van der Waals surface area contributed by atoms with E-state index in [1.165, 1.54) is 32.1 Å². The number of pyridine rings is 1. The standard InChI is InChI=1S/C12H17N3O.2ClH/c1-16-14-10-11-9-12(5-6-13-11)15-7-3-2-4-8-15;;/h5-6,9-10H,2-4,7-8H2,1H3;2*1H/b14-10+;;. The van der Waals surface area contributed by atoms with Gasteiger partial charge in [0.25, 0.3) is 0 Å². The van der Waals surface area contributed by atoms with Gasteiger partial charge in [-0.15, -0.1) is 24.8 Å². The Labute approximate surface area is 120 Å². The van der Waals surface area contributed by atoms with Crippen LogP contribution < -0.4 is 4.90 Å². The first-order valence-electron chi connectivity index (χ1n) is 5.67. The van der Waals surface area contributed by atoms with Crippen LogP contribution >= 0.6 is 24.8 Å². The highest BCUT2D eigenvalue weighted by Crippen LogP contribution is 2.19. The highest BCUT2D eigenvalue weighted by atomic mass is 35.5. The fourth-order valence-electron chi connectivity index (χ4n) is 1.96. The third-order valence-corrected chi connectivity index (χ3v) is 2.78. The second-order valence-corrected chi connectivity index (χ2v) is 3.90. The molecule has 1 aliphatic heterocycles. The number of hydrogen-bond acceptors (Lipinski definition) is 4. The number of piperidine rings is 1. The quantitative estimate of drug-likeness (QED) is 0.635. The van der Waals surface area contributed by atoms with Crippen LogP contribution in [0, 0.1) is 0 Å². The van der Waals surface area contributed by atoms with Gasteiger partial charge in [0, 0.05) is 25.0 Å². The van der Waals surface area contributed by atoms with Gasteiger partial charge in [-0.05, 0) is 31.4 Å². The molecule has 2 heterocycles. The van der Waals surface area contributed by atoms with Gasteiger partial charge in [-0.2, -0.15) is 0 Å². The summed E-state index contributed by atoms with van der Waals surface area (Å²) in [6, 6.07) is 4.10. The van der Waals surface area contributed by atoms with Crippen LogP contribution in [0.1, 0.15) is 25.0 Å². The van der Waals surface area contributed by atoms with Crippen LogP contribution in [0.25, 0.3) is 0 Å². The first kappa shape index (κ1) is 17.0. The van der Waals surface area contributed by atoms with Crippen LogP contribution in [0.5, 0.6) is 0 Å². The van der Waals surface area contributed by atoms with Crippen molar-refractivity contribution in [1.82, 2.24) is 4.98 Å². The Morgan fingerprint density at radius 2 is 2.00 bits per heavy atom. The first-order chi connectivity index (χ1) is 7.90. The summed E-state index contributed by atoms with van der Waals surface area (Å²) in [6.45, 7) is 2.29. The molecule has 0 atom stereocenters. The minimum absolute atomic E-state index is 0. The van der Waals surface area contributed by atoms with E-state index < -0.39 is 0 Å². The van der Waals surface area contributed by atoms with Crippen molar-refractivity contribution in [2.45, 2.75) is 19.3 Å². The van der Waals surface area contributed by atoms with Crippen LogP contribution in [0.15, 0.2) is 23.5 Å². The molecule has 0 aromatic carbocycles. The molecule has 1 aliphatic rings. The average molecular weight is 292 g/mol. The first-order valence-corrected chi connectivity index (χ1v) is 5.67. The van der Waals surface area contributed by atoms with Crippen molar-refractivity contribution in [2.75, 3.05) is 25.1 Å². The average Bonchev–Trinajstić information content (AvgIpc) is 2.38. The van der Waals surface area contributed by atoms with Gasteiger partial charge in [0.2, 0.25) is 0 Å². The van der Waals surface area contributed by atoms with Crippen molar-refractivity contribution in [3.05, 3.63) is 24.0 Å². The summed E-state index contributed by atoms with van der Waals surface area (Å²) >= 11 is 0. The lowest BCUT2D eigenvalue weighted by molar-refractivity contribution is 0.215. The summed E-state index contributed by atoms with van der Waals surface area (Å²) < 4.78 is 0. The predicted molar refractivity (Wildman–Crippen MR) is 79.4 cm³/mol. The molecule has 6 heteroatoms. The fourth-order valence-corrected chi connectivity index (χ4v) is 1.96. The number of oxime groups is 1. The van der Waals surface area contributed by atoms with Crippen LogP contribution in [0.4, 0.5) is 5.69 Å². The molecule has 1 saturated heterocycles. The summed E-state index contributed by atoms with van der Waals surface area (Å²) in [5.74, 6) is 0. The van der Waals surface area contributed by atoms with Crippen molar-refractivity contribution in [3.8, 4) is 0 Å². The van der Waals surface area contributed by atoms with E-state index in [0.717, 1.165) is 18.8 Å². The van der Waals surface area contributed by atoms with Gasteiger partial charge in [0.1, 0.15) is 7.11 Å². The SMILES string of the molecule is CO/N=C/c1cc(N2CCCCC2)ccn1.Cl.Cl. The number of anilines is 1. The summed E-state index contributed by atoms with van der Waals surface area (Å²) in [5.41, 5.74) is 2.07. The van der Waals surface area contributed by atoms with E-state index in [4.69, 9.17) is 0 Å². The Bertz CT molecular complexity index is 368. The Hall–Kier alpha value is -1.000. The summed E-state index contributed by atoms with van der Waals surface area (Å²) in [5, 5.41) is 3.72. The van der Waals surface area contributed by atoms with Crippen LogP contribution in [0.3, 0.4) is 0 Å². The highest BCUT2D eigenvalue weighted by Gasteiger charge is 2.10. The molecule has 2 rings (SSSR count). The Morgan fingerprint density at radius 3 is 2.67 bits per heavy atom. The Kier molecular flexibility index (Phi) is 8.50. The van der Waals surface area contributed by atoms with Crippen molar-refractivity contribution in [3.63, 3.8) is 0 Å². The minimum Gasteiger partial charge on any atom is -0.399 e. The number of halogens is 2. The van der Waals surface area contributed by atoms with Crippen molar-refractivity contribution in [1.29, 1.82) is 0 Å². The normalized spacial score (nSPS) is 14.8. The zero-order chi connectivity index (χ0) is 11.2. The van der Waals surface area contributed by atoms with Gasteiger partial charge in [0.05, 0.1) is 11.9 Å². The third kappa shape index (κ3) is 4.70. The predicted octanol–water partition coefficient (Wildman–Crippen LogP) is 2.90. The Morgan fingerprint density at radius 1 is 1.28 bits per heavy atom. The second kappa shape index (κ2) is 9.00. The zero-order valence-corrected chi connectivity index (χ0v) is 12.0. The number of nitrogens with zero attached hydrogens (tertiary/aromatic N) is 3. The molecule has 0 unspecified atom stereocenters. The molecule has 102 valence electrons. The number of hydrogen-bond donors (Lipinski definition) is 0. The molecule has 0 N–H and O–H groups in total. The molecule has 0 saturated carbocycles. The van der Waals surface area contributed by atoms with E-state index in [-0.39, 0.29) is 24.8 Å². The lowest BCUT2D eigenvalue weighted by atomic mass is 10.1. The molecular weight excluding hydrogens is 273 g/mol. The summed E-state index contributed by atoms with van der Waals surface area (Å²) in [6.07, 6.45) is 7.36. The maximum absolute atomic E-state index is 4.65. The lowest BCUT2D eigenvalue weighted by Crippen LogP contribution is -2.29.